The highest BCUT2D eigenvalue weighted by Gasteiger charge is 2.25. The Kier molecular flexibility index (Phi) is 7.71. The van der Waals surface area contributed by atoms with E-state index in [1.807, 2.05) is 50.4 Å². The van der Waals surface area contributed by atoms with Gasteiger partial charge < -0.3 is 10.6 Å². The van der Waals surface area contributed by atoms with Gasteiger partial charge in [0.15, 0.2) is 0 Å². The largest absolute Gasteiger partial charge is 0.354 e. The fourth-order valence-corrected chi connectivity index (χ4v) is 3.60. The number of rotatable bonds is 8. The molecule has 1 atom stereocenters. The van der Waals surface area contributed by atoms with E-state index in [0.717, 1.165) is 11.3 Å². The van der Waals surface area contributed by atoms with Crippen LogP contribution in [0.1, 0.15) is 29.8 Å². The molecular formula is C23H24Cl2N4O2. The number of nitrogens with one attached hydrogen (secondary N) is 2. The van der Waals surface area contributed by atoms with Crippen LogP contribution in [-0.2, 0) is 11.2 Å². The summed E-state index contributed by atoms with van der Waals surface area (Å²) in [6.07, 6.45) is 4.29. The molecule has 0 fully saturated rings. The zero-order valence-electron chi connectivity index (χ0n) is 17.3. The molecule has 0 saturated carbocycles. The van der Waals surface area contributed by atoms with Crippen molar-refractivity contribution in [3.05, 3.63) is 82.1 Å². The molecule has 0 saturated heterocycles. The lowest BCUT2D eigenvalue weighted by atomic mass is 10.0. The van der Waals surface area contributed by atoms with Crippen molar-refractivity contribution < 1.29 is 9.59 Å². The van der Waals surface area contributed by atoms with Crippen LogP contribution < -0.4 is 10.6 Å². The standard InChI is InChI=1S/C23H24Cl2N4O2/c1-15(2)21(28-22(30)19-9-6-17(24)14-20(19)25)23(31)26-12-10-16-4-7-18(8-5-16)29-13-3-11-27-29/h3-9,11,13-15,21H,10,12H2,1-2H3,(H,26,31)(H,28,30). The Morgan fingerprint density at radius 2 is 1.84 bits per heavy atom. The number of carbonyl (C=O) groups is 2. The van der Waals surface area contributed by atoms with Crippen LogP contribution in [-0.4, -0.2) is 34.2 Å². The summed E-state index contributed by atoms with van der Waals surface area (Å²) >= 11 is 12.0. The second-order valence-corrected chi connectivity index (χ2v) is 8.32. The van der Waals surface area contributed by atoms with Crippen molar-refractivity contribution in [1.29, 1.82) is 0 Å². The second kappa shape index (κ2) is 10.5. The Labute approximate surface area is 191 Å². The summed E-state index contributed by atoms with van der Waals surface area (Å²) in [4.78, 5) is 25.3. The molecule has 0 aliphatic carbocycles. The van der Waals surface area contributed by atoms with Gasteiger partial charge in [0.2, 0.25) is 5.91 Å². The average Bonchev–Trinajstić information content (AvgIpc) is 3.27. The van der Waals surface area contributed by atoms with Gasteiger partial charge in [0.05, 0.1) is 16.3 Å². The minimum atomic E-state index is -0.679. The van der Waals surface area contributed by atoms with Crippen LogP contribution in [0.4, 0.5) is 0 Å². The van der Waals surface area contributed by atoms with Crippen LogP contribution >= 0.6 is 23.2 Å². The van der Waals surface area contributed by atoms with Crippen LogP contribution in [0.15, 0.2) is 60.9 Å². The quantitative estimate of drug-likeness (QED) is 0.528. The molecule has 2 aromatic carbocycles. The van der Waals surface area contributed by atoms with Gasteiger partial charge in [-0.2, -0.15) is 5.10 Å². The minimum absolute atomic E-state index is 0.0941. The Balaban J connectivity index is 1.55. The normalized spacial score (nSPS) is 11.9. The lowest BCUT2D eigenvalue weighted by molar-refractivity contribution is -0.123. The maximum Gasteiger partial charge on any atom is 0.253 e. The highest BCUT2D eigenvalue weighted by atomic mass is 35.5. The summed E-state index contributed by atoms with van der Waals surface area (Å²) in [6.45, 7) is 4.21. The molecule has 1 unspecified atom stereocenters. The number of carbonyl (C=O) groups excluding carboxylic acids is 2. The molecule has 1 heterocycles. The predicted octanol–water partition coefficient (Wildman–Crippen LogP) is 4.29. The Hall–Kier alpha value is -2.83. The summed E-state index contributed by atoms with van der Waals surface area (Å²) in [5, 5.41) is 10.6. The third-order valence-electron chi connectivity index (χ3n) is 4.83. The molecule has 0 spiro atoms. The molecule has 2 N–H and O–H groups in total. The summed E-state index contributed by atoms with van der Waals surface area (Å²) in [7, 11) is 0. The lowest BCUT2D eigenvalue weighted by Gasteiger charge is -2.22. The minimum Gasteiger partial charge on any atom is -0.354 e. The lowest BCUT2D eigenvalue weighted by Crippen LogP contribution is -2.50. The van der Waals surface area contributed by atoms with E-state index in [1.165, 1.54) is 6.07 Å². The third-order valence-corrected chi connectivity index (χ3v) is 5.38. The maximum absolute atomic E-state index is 12.7. The monoisotopic (exact) mass is 458 g/mol. The highest BCUT2D eigenvalue weighted by molar-refractivity contribution is 6.36. The first-order chi connectivity index (χ1) is 14.8. The van der Waals surface area contributed by atoms with Gasteiger partial charge in [0, 0.05) is 24.0 Å². The van der Waals surface area contributed by atoms with Crippen molar-refractivity contribution in [2.75, 3.05) is 6.54 Å². The van der Waals surface area contributed by atoms with Crippen LogP contribution in [0.2, 0.25) is 10.0 Å². The number of aromatic nitrogens is 2. The average molecular weight is 459 g/mol. The van der Waals surface area contributed by atoms with E-state index in [2.05, 4.69) is 15.7 Å². The van der Waals surface area contributed by atoms with Crippen LogP contribution in [0.3, 0.4) is 0 Å². The van der Waals surface area contributed by atoms with Crippen LogP contribution in [0, 0.1) is 5.92 Å². The first kappa shape index (κ1) is 22.8. The van der Waals surface area contributed by atoms with E-state index in [0.29, 0.717) is 18.0 Å². The number of halogens is 2. The van der Waals surface area contributed by atoms with Gasteiger partial charge in [0.1, 0.15) is 6.04 Å². The third kappa shape index (κ3) is 6.09. The SMILES string of the molecule is CC(C)C(NC(=O)c1ccc(Cl)cc1Cl)C(=O)NCCc1ccc(-n2cccn2)cc1. The van der Waals surface area contributed by atoms with Crippen LogP contribution in [0.25, 0.3) is 5.69 Å². The molecular weight excluding hydrogens is 435 g/mol. The molecule has 3 rings (SSSR count). The summed E-state index contributed by atoms with van der Waals surface area (Å²) in [5.41, 5.74) is 2.34. The van der Waals surface area contributed by atoms with Gasteiger partial charge in [0.25, 0.3) is 5.91 Å². The number of benzene rings is 2. The number of amides is 2. The van der Waals surface area contributed by atoms with E-state index in [-0.39, 0.29) is 22.4 Å². The molecule has 0 bridgehead atoms. The predicted molar refractivity (Wildman–Crippen MR) is 123 cm³/mol. The molecule has 0 radical (unpaired) electrons. The highest BCUT2D eigenvalue weighted by Crippen LogP contribution is 2.21. The maximum atomic E-state index is 12.7. The van der Waals surface area contributed by atoms with Crippen molar-refractivity contribution >= 4 is 35.0 Å². The molecule has 0 aliphatic heterocycles. The topological polar surface area (TPSA) is 76.0 Å². The van der Waals surface area contributed by atoms with Gasteiger partial charge in [-0.05, 0) is 54.3 Å². The summed E-state index contributed by atoms with van der Waals surface area (Å²) in [6, 6.07) is 13.8. The number of hydrogen-bond donors (Lipinski definition) is 2. The Morgan fingerprint density at radius 3 is 2.45 bits per heavy atom. The molecule has 8 heteroatoms. The fourth-order valence-electron chi connectivity index (χ4n) is 3.10. The van der Waals surface area contributed by atoms with E-state index < -0.39 is 11.9 Å². The van der Waals surface area contributed by atoms with Gasteiger partial charge in [-0.25, -0.2) is 4.68 Å². The van der Waals surface area contributed by atoms with E-state index in [1.54, 1.807) is 23.0 Å². The molecule has 2 amide bonds. The first-order valence-corrected chi connectivity index (χ1v) is 10.7. The van der Waals surface area contributed by atoms with E-state index in [4.69, 9.17) is 23.2 Å². The number of nitrogens with zero attached hydrogens (tertiary/aromatic N) is 2. The van der Waals surface area contributed by atoms with Crippen molar-refractivity contribution in [3.8, 4) is 5.69 Å². The molecule has 162 valence electrons. The van der Waals surface area contributed by atoms with Crippen LogP contribution in [0.5, 0.6) is 0 Å². The van der Waals surface area contributed by atoms with Crippen molar-refractivity contribution in [2.45, 2.75) is 26.3 Å². The van der Waals surface area contributed by atoms with Gasteiger partial charge in [-0.1, -0.05) is 49.2 Å². The van der Waals surface area contributed by atoms with E-state index in [9.17, 15) is 9.59 Å². The fraction of sp³-hybridized carbons (Fsp3) is 0.261. The first-order valence-electron chi connectivity index (χ1n) is 9.97. The molecule has 31 heavy (non-hydrogen) atoms. The summed E-state index contributed by atoms with van der Waals surface area (Å²) in [5.74, 6) is -0.741. The van der Waals surface area contributed by atoms with Crippen molar-refractivity contribution in [1.82, 2.24) is 20.4 Å². The smallest absolute Gasteiger partial charge is 0.253 e. The Bertz CT molecular complexity index is 1030. The van der Waals surface area contributed by atoms with E-state index >= 15 is 0 Å². The van der Waals surface area contributed by atoms with Crippen molar-refractivity contribution in [2.24, 2.45) is 5.92 Å². The zero-order valence-corrected chi connectivity index (χ0v) is 18.8. The molecule has 3 aromatic rings. The van der Waals surface area contributed by atoms with Gasteiger partial charge >= 0.3 is 0 Å². The van der Waals surface area contributed by atoms with Gasteiger partial charge in [-0.15, -0.1) is 0 Å². The molecule has 0 aliphatic rings. The molecule has 6 nitrogen and oxygen atoms in total. The summed E-state index contributed by atoms with van der Waals surface area (Å²) < 4.78 is 1.79. The number of hydrogen-bond acceptors (Lipinski definition) is 3. The molecule has 1 aromatic heterocycles. The Morgan fingerprint density at radius 1 is 1.10 bits per heavy atom. The zero-order chi connectivity index (χ0) is 22.4. The van der Waals surface area contributed by atoms with Crippen molar-refractivity contribution in [3.63, 3.8) is 0 Å². The second-order valence-electron chi connectivity index (χ2n) is 7.48. The van der Waals surface area contributed by atoms with Gasteiger partial charge in [-0.3, -0.25) is 9.59 Å².